The molecule has 0 saturated heterocycles. The third-order valence-corrected chi connectivity index (χ3v) is 3.14. The Labute approximate surface area is 98.6 Å². The Balaban J connectivity index is 2.00. The fraction of sp³-hybridized carbons (Fsp3) is 0.533. The van der Waals surface area contributed by atoms with E-state index in [1.54, 1.807) is 0 Å². The molecule has 2 rings (SSSR count). The molecule has 1 aliphatic heterocycles. The van der Waals surface area contributed by atoms with Crippen LogP contribution in [0.5, 0.6) is 0 Å². The van der Waals surface area contributed by atoms with Gasteiger partial charge in [-0.05, 0) is 63.5 Å². The molecule has 16 heavy (non-hydrogen) atoms. The quantitative estimate of drug-likeness (QED) is 0.594. The fourth-order valence-electron chi connectivity index (χ4n) is 2.18. The number of hydrogen-bond acceptors (Lipinski definition) is 1. The second-order valence-electron chi connectivity index (χ2n) is 4.58. The van der Waals surface area contributed by atoms with Crippen molar-refractivity contribution in [3.05, 3.63) is 41.7 Å². The second-order valence-corrected chi connectivity index (χ2v) is 4.58. The van der Waals surface area contributed by atoms with Gasteiger partial charge in [0.2, 0.25) is 0 Å². The van der Waals surface area contributed by atoms with E-state index in [4.69, 9.17) is 4.98 Å². The minimum absolute atomic E-state index is 1.14. The number of pyridine rings is 1. The average Bonchev–Trinajstić information content (AvgIpc) is 2.32. The van der Waals surface area contributed by atoms with Crippen LogP contribution < -0.4 is 0 Å². The Morgan fingerprint density at radius 1 is 0.750 bits per heavy atom. The van der Waals surface area contributed by atoms with E-state index >= 15 is 0 Å². The Bertz CT molecular complexity index is 312. The molecule has 0 aromatic carbocycles. The lowest BCUT2D eigenvalue weighted by atomic mass is 10.1. The van der Waals surface area contributed by atoms with Gasteiger partial charge in [-0.2, -0.15) is 0 Å². The van der Waals surface area contributed by atoms with Gasteiger partial charge >= 0.3 is 0 Å². The topological polar surface area (TPSA) is 12.9 Å². The predicted molar refractivity (Wildman–Crippen MR) is 68.5 cm³/mol. The first-order chi connectivity index (χ1) is 7.95. The van der Waals surface area contributed by atoms with E-state index in [9.17, 15) is 0 Å². The van der Waals surface area contributed by atoms with Crippen molar-refractivity contribution in [3.63, 3.8) is 0 Å². The fourth-order valence-corrected chi connectivity index (χ4v) is 2.18. The van der Waals surface area contributed by atoms with Crippen LogP contribution in [-0.2, 0) is 12.8 Å². The lowest BCUT2D eigenvalue weighted by Crippen LogP contribution is -1.95. The molecule has 1 aromatic rings. The Kier molecular flexibility index (Phi) is 4.60. The van der Waals surface area contributed by atoms with E-state index in [-0.39, 0.29) is 0 Å². The summed E-state index contributed by atoms with van der Waals surface area (Å²) in [6, 6.07) is 6.49. The first-order valence-electron chi connectivity index (χ1n) is 6.55. The molecule has 2 bridgehead atoms. The van der Waals surface area contributed by atoms with Gasteiger partial charge in [0.1, 0.15) is 0 Å². The van der Waals surface area contributed by atoms with Gasteiger partial charge in [-0.1, -0.05) is 18.2 Å². The highest BCUT2D eigenvalue weighted by molar-refractivity contribution is 5.11. The molecule has 0 atom stereocenters. The molecule has 0 spiro atoms. The summed E-state index contributed by atoms with van der Waals surface area (Å²) in [6.45, 7) is 0. The minimum atomic E-state index is 1.14. The van der Waals surface area contributed by atoms with Crippen LogP contribution in [0.2, 0.25) is 0 Å². The molecule has 0 fully saturated rings. The molecule has 0 amide bonds. The molecule has 2 heterocycles. The Morgan fingerprint density at radius 3 is 1.88 bits per heavy atom. The number of allylic oxidation sites excluding steroid dienone is 2. The van der Waals surface area contributed by atoms with Crippen molar-refractivity contribution in [2.24, 2.45) is 0 Å². The largest absolute Gasteiger partial charge is 0.258 e. The van der Waals surface area contributed by atoms with E-state index in [1.165, 1.54) is 49.9 Å². The zero-order chi connectivity index (χ0) is 11.1. The number of hydrogen-bond donors (Lipinski definition) is 0. The van der Waals surface area contributed by atoms with Gasteiger partial charge < -0.3 is 0 Å². The highest BCUT2D eigenvalue weighted by atomic mass is 14.7. The third-order valence-electron chi connectivity index (χ3n) is 3.14. The number of aromatic nitrogens is 1. The van der Waals surface area contributed by atoms with Crippen LogP contribution in [-0.4, -0.2) is 4.98 Å². The van der Waals surface area contributed by atoms with E-state index in [0.29, 0.717) is 0 Å². The van der Waals surface area contributed by atoms with Crippen molar-refractivity contribution in [1.29, 1.82) is 0 Å². The molecule has 0 aliphatic carbocycles. The van der Waals surface area contributed by atoms with Crippen LogP contribution in [0.25, 0.3) is 0 Å². The summed E-state index contributed by atoms with van der Waals surface area (Å²) >= 11 is 0. The maximum Gasteiger partial charge on any atom is 0.0406 e. The van der Waals surface area contributed by atoms with E-state index in [2.05, 4.69) is 30.4 Å². The van der Waals surface area contributed by atoms with Crippen molar-refractivity contribution in [2.75, 3.05) is 0 Å². The summed E-state index contributed by atoms with van der Waals surface area (Å²) < 4.78 is 0. The zero-order valence-electron chi connectivity index (χ0n) is 9.99. The normalized spacial score (nSPS) is 20.2. The summed E-state index contributed by atoms with van der Waals surface area (Å²) in [5.74, 6) is 0. The Hall–Kier alpha value is -1.11. The lowest BCUT2D eigenvalue weighted by Gasteiger charge is -2.03. The predicted octanol–water partition coefficient (Wildman–Crippen LogP) is 4.08. The van der Waals surface area contributed by atoms with Crippen LogP contribution in [0.3, 0.4) is 0 Å². The van der Waals surface area contributed by atoms with Crippen molar-refractivity contribution >= 4 is 0 Å². The molecule has 1 nitrogen and oxygen atoms in total. The van der Waals surface area contributed by atoms with Gasteiger partial charge in [-0.15, -0.1) is 0 Å². The zero-order valence-corrected chi connectivity index (χ0v) is 9.99. The minimum Gasteiger partial charge on any atom is -0.258 e. The number of rotatable bonds is 0. The molecular formula is C15H21N. The first-order valence-corrected chi connectivity index (χ1v) is 6.55. The molecule has 1 heteroatoms. The number of fused-ring (bicyclic) bond motifs is 2. The summed E-state index contributed by atoms with van der Waals surface area (Å²) in [7, 11) is 0. The highest BCUT2D eigenvalue weighted by Crippen LogP contribution is 2.10. The van der Waals surface area contributed by atoms with Crippen LogP contribution in [0, 0.1) is 0 Å². The molecule has 0 radical (unpaired) electrons. The van der Waals surface area contributed by atoms with Gasteiger partial charge in [-0.3, -0.25) is 4.98 Å². The summed E-state index contributed by atoms with van der Waals surface area (Å²) in [6.07, 6.45) is 14.6. The molecule has 86 valence electrons. The van der Waals surface area contributed by atoms with Crippen molar-refractivity contribution in [3.8, 4) is 0 Å². The van der Waals surface area contributed by atoms with Crippen molar-refractivity contribution in [1.82, 2.24) is 4.98 Å². The van der Waals surface area contributed by atoms with Crippen LogP contribution in [0.4, 0.5) is 0 Å². The molecule has 1 aliphatic rings. The van der Waals surface area contributed by atoms with Crippen molar-refractivity contribution in [2.45, 2.75) is 51.4 Å². The van der Waals surface area contributed by atoms with Gasteiger partial charge in [0, 0.05) is 11.4 Å². The van der Waals surface area contributed by atoms with Crippen molar-refractivity contribution < 1.29 is 0 Å². The van der Waals surface area contributed by atoms with Gasteiger partial charge in [-0.25, -0.2) is 0 Å². The Morgan fingerprint density at radius 2 is 1.31 bits per heavy atom. The monoisotopic (exact) mass is 215 g/mol. The van der Waals surface area contributed by atoms with Crippen LogP contribution in [0.15, 0.2) is 30.4 Å². The number of nitrogens with zero attached hydrogens (tertiary/aromatic N) is 1. The highest BCUT2D eigenvalue weighted by Gasteiger charge is 1.99. The molecule has 1 aromatic heterocycles. The molecule has 0 saturated carbocycles. The SMILES string of the molecule is C1=C\CCCCc2cccc(n2)CCCC/1. The first kappa shape index (κ1) is 11.4. The van der Waals surface area contributed by atoms with Crippen LogP contribution >= 0.6 is 0 Å². The molecule has 0 N–H and O–H groups in total. The van der Waals surface area contributed by atoms with Gasteiger partial charge in [0.25, 0.3) is 0 Å². The number of aryl methyl sites for hydroxylation is 2. The summed E-state index contributed by atoms with van der Waals surface area (Å²) in [4.78, 5) is 4.72. The van der Waals surface area contributed by atoms with E-state index in [0.717, 1.165) is 12.8 Å². The summed E-state index contributed by atoms with van der Waals surface area (Å²) in [5.41, 5.74) is 2.56. The standard InChI is InChI=1S/C15H21N/c1-2-4-6-8-11-15-13-9-12-14(16-15)10-7-5-3-1/h1-2,9,12-13H,3-8,10-11H2/b2-1-. The maximum atomic E-state index is 4.72. The van der Waals surface area contributed by atoms with Crippen LogP contribution in [0.1, 0.15) is 49.9 Å². The molecule has 0 unspecified atom stereocenters. The lowest BCUT2D eigenvalue weighted by molar-refractivity contribution is 0.722. The van der Waals surface area contributed by atoms with Gasteiger partial charge in [0.05, 0.1) is 0 Å². The van der Waals surface area contributed by atoms with E-state index in [1.807, 2.05) is 0 Å². The third kappa shape index (κ3) is 3.80. The smallest absolute Gasteiger partial charge is 0.0406 e. The van der Waals surface area contributed by atoms with Gasteiger partial charge in [0.15, 0.2) is 0 Å². The van der Waals surface area contributed by atoms with E-state index < -0.39 is 0 Å². The second kappa shape index (κ2) is 6.47. The average molecular weight is 215 g/mol. The summed E-state index contributed by atoms with van der Waals surface area (Å²) in [5, 5.41) is 0. The molecular weight excluding hydrogens is 194 g/mol. The maximum absolute atomic E-state index is 4.72.